The van der Waals surface area contributed by atoms with E-state index in [1.165, 1.54) is 19.3 Å². The monoisotopic (exact) mass is 280 g/mol. The summed E-state index contributed by atoms with van der Waals surface area (Å²) in [4.78, 5) is 23.1. The molecule has 0 aliphatic heterocycles. The summed E-state index contributed by atoms with van der Waals surface area (Å²) in [5, 5.41) is 15.1. The zero-order chi connectivity index (χ0) is 14.1. The molecule has 112 valence electrons. The van der Waals surface area contributed by atoms with E-state index in [1.807, 2.05) is 0 Å². The largest absolute Gasteiger partial charge is 0.481 e. The van der Waals surface area contributed by atoms with Crippen LogP contribution in [0.4, 0.5) is 4.79 Å². The van der Waals surface area contributed by atoms with Crippen molar-refractivity contribution in [1.29, 1.82) is 0 Å². The van der Waals surface area contributed by atoms with Crippen molar-refractivity contribution in [2.45, 2.75) is 63.5 Å². The predicted molar refractivity (Wildman–Crippen MR) is 74.3 cm³/mol. The Morgan fingerprint density at radius 1 is 0.950 bits per heavy atom. The molecule has 2 amide bonds. The second-order valence-electron chi connectivity index (χ2n) is 6.80. The molecule has 3 fully saturated rings. The first kappa shape index (κ1) is 13.7. The van der Waals surface area contributed by atoms with Crippen LogP contribution in [0.25, 0.3) is 0 Å². The Hall–Kier alpha value is -1.26. The predicted octanol–water partition coefficient (Wildman–Crippen LogP) is 2.12. The summed E-state index contributed by atoms with van der Waals surface area (Å²) in [6, 6.07) is 0.259. The SMILES string of the molecule is O=C(NC1CCCC(C(=O)O)C1)NC1CC2CCC1C2. The number of urea groups is 1. The molecule has 3 aliphatic carbocycles. The van der Waals surface area contributed by atoms with E-state index in [2.05, 4.69) is 10.6 Å². The minimum absolute atomic E-state index is 0.0171. The molecule has 2 bridgehead atoms. The number of carboxylic acid groups (broad SMARTS) is 1. The number of amides is 2. The third-order valence-electron chi connectivity index (χ3n) is 5.41. The standard InChI is InChI=1S/C15H24N2O3/c18-14(19)11-2-1-3-12(8-11)16-15(20)17-13-7-9-4-5-10(13)6-9/h9-13H,1-8H2,(H,18,19)(H2,16,17,20). The van der Waals surface area contributed by atoms with Gasteiger partial charge in [0.1, 0.15) is 0 Å². The lowest BCUT2D eigenvalue weighted by Gasteiger charge is -2.29. The quantitative estimate of drug-likeness (QED) is 0.741. The number of hydrogen-bond donors (Lipinski definition) is 3. The molecule has 0 heterocycles. The Morgan fingerprint density at radius 2 is 1.80 bits per heavy atom. The van der Waals surface area contributed by atoms with Crippen molar-refractivity contribution < 1.29 is 14.7 Å². The van der Waals surface area contributed by atoms with E-state index < -0.39 is 5.97 Å². The van der Waals surface area contributed by atoms with Crippen molar-refractivity contribution in [3.63, 3.8) is 0 Å². The van der Waals surface area contributed by atoms with E-state index in [1.54, 1.807) is 0 Å². The number of aliphatic carboxylic acids is 1. The van der Waals surface area contributed by atoms with Crippen LogP contribution in [0, 0.1) is 17.8 Å². The number of carboxylic acids is 1. The van der Waals surface area contributed by atoms with Crippen LogP contribution in [0.2, 0.25) is 0 Å². The van der Waals surface area contributed by atoms with Crippen molar-refractivity contribution >= 4 is 12.0 Å². The molecule has 0 spiro atoms. The van der Waals surface area contributed by atoms with E-state index >= 15 is 0 Å². The minimum atomic E-state index is -0.731. The molecule has 3 rings (SSSR count). The summed E-state index contributed by atoms with van der Waals surface area (Å²) in [5.41, 5.74) is 0. The maximum Gasteiger partial charge on any atom is 0.315 e. The first-order valence-electron chi connectivity index (χ1n) is 7.91. The van der Waals surface area contributed by atoms with Gasteiger partial charge in [0.15, 0.2) is 0 Å². The summed E-state index contributed by atoms with van der Waals surface area (Å²) < 4.78 is 0. The number of carbonyl (C=O) groups is 2. The number of carbonyl (C=O) groups excluding carboxylic acids is 1. The van der Waals surface area contributed by atoms with E-state index in [-0.39, 0.29) is 18.0 Å². The summed E-state index contributed by atoms with van der Waals surface area (Å²) in [6.07, 6.45) is 8.06. The second-order valence-corrected chi connectivity index (χ2v) is 6.80. The van der Waals surface area contributed by atoms with Crippen molar-refractivity contribution in [1.82, 2.24) is 10.6 Å². The Balaban J connectivity index is 1.45. The third kappa shape index (κ3) is 2.91. The highest BCUT2D eigenvalue weighted by Gasteiger charge is 2.40. The van der Waals surface area contributed by atoms with E-state index in [4.69, 9.17) is 5.11 Å². The van der Waals surface area contributed by atoms with Crippen LogP contribution in [0.1, 0.15) is 51.4 Å². The zero-order valence-corrected chi connectivity index (χ0v) is 11.8. The molecule has 0 aromatic heterocycles. The lowest BCUT2D eigenvalue weighted by Crippen LogP contribution is -2.49. The number of fused-ring (bicyclic) bond motifs is 2. The van der Waals surface area contributed by atoms with Crippen LogP contribution in [0.15, 0.2) is 0 Å². The molecule has 0 aromatic rings. The summed E-state index contributed by atoms with van der Waals surface area (Å²) in [6.45, 7) is 0. The lowest BCUT2D eigenvalue weighted by atomic mass is 9.86. The van der Waals surface area contributed by atoms with Crippen LogP contribution in [0.5, 0.6) is 0 Å². The fourth-order valence-electron chi connectivity index (χ4n) is 4.36. The molecule has 5 unspecified atom stereocenters. The highest BCUT2D eigenvalue weighted by Crippen LogP contribution is 2.44. The van der Waals surface area contributed by atoms with Crippen molar-refractivity contribution in [3.05, 3.63) is 0 Å². The van der Waals surface area contributed by atoms with Gasteiger partial charge in [-0.15, -0.1) is 0 Å². The van der Waals surface area contributed by atoms with Gasteiger partial charge in [0.25, 0.3) is 0 Å². The molecule has 0 radical (unpaired) electrons. The Labute approximate surface area is 119 Å². The maximum absolute atomic E-state index is 12.1. The third-order valence-corrected chi connectivity index (χ3v) is 5.41. The van der Waals surface area contributed by atoms with Crippen LogP contribution in [-0.2, 0) is 4.79 Å². The fourth-order valence-corrected chi connectivity index (χ4v) is 4.36. The Morgan fingerprint density at radius 3 is 2.45 bits per heavy atom. The zero-order valence-electron chi connectivity index (χ0n) is 11.8. The van der Waals surface area contributed by atoms with Crippen molar-refractivity contribution in [2.24, 2.45) is 17.8 Å². The average Bonchev–Trinajstić information content (AvgIpc) is 3.01. The number of rotatable bonds is 3. The first-order valence-corrected chi connectivity index (χ1v) is 7.91. The molecule has 3 aliphatic rings. The molecular formula is C15H24N2O3. The molecule has 20 heavy (non-hydrogen) atoms. The Bertz CT molecular complexity index is 399. The molecular weight excluding hydrogens is 256 g/mol. The molecule has 3 N–H and O–H groups in total. The molecule has 0 aromatic carbocycles. The van der Waals surface area contributed by atoms with Crippen molar-refractivity contribution in [2.75, 3.05) is 0 Å². The molecule has 5 heteroatoms. The van der Waals surface area contributed by atoms with E-state index in [0.29, 0.717) is 18.4 Å². The lowest BCUT2D eigenvalue weighted by molar-refractivity contribution is -0.143. The van der Waals surface area contributed by atoms with Gasteiger partial charge in [-0.25, -0.2) is 4.79 Å². The van der Waals surface area contributed by atoms with Gasteiger partial charge < -0.3 is 15.7 Å². The highest BCUT2D eigenvalue weighted by molar-refractivity contribution is 5.75. The molecule has 5 nitrogen and oxygen atoms in total. The van der Waals surface area contributed by atoms with Crippen LogP contribution in [-0.4, -0.2) is 29.2 Å². The Kier molecular flexibility index (Phi) is 3.85. The van der Waals surface area contributed by atoms with Crippen molar-refractivity contribution in [3.8, 4) is 0 Å². The van der Waals surface area contributed by atoms with Gasteiger partial charge in [-0.1, -0.05) is 12.8 Å². The van der Waals surface area contributed by atoms with Gasteiger partial charge in [0, 0.05) is 12.1 Å². The molecule has 5 atom stereocenters. The van der Waals surface area contributed by atoms with Gasteiger partial charge in [-0.2, -0.15) is 0 Å². The van der Waals surface area contributed by atoms with Gasteiger partial charge in [0.05, 0.1) is 5.92 Å². The fraction of sp³-hybridized carbons (Fsp3) is 0.867. The molecule has 3 saturated carbocycles. The number of hydrogen-bond acceptors (Lipinski definition) is 2. The van der Waals surface area contributed by atoms with E-state index in [0.717, 1.165) is 31.6 Å². The van der Waals surface area contributed by atoms with Gasteiger partial charge in [-0.3, -0.25) is 4.79 Å². The highest BCUT2D eigenvalue weighted by atomic mass is 16.4. The topological polar surface area (TPSA) is 78.4 Å². The molecule has 0 saturated heterocycles. The van der Waals surface area contributed by atoms with Gasteiger partial charge >= 0.3 is 12.0 Å². The second kappa shape index (κ2) is 5.62. The first-order chi connectivity index (χ1) is 9.61. The van der Waals surface area contributed by atoms with Gasteiger partial charge in [-0.05, 0) is 50.4 Å². The minimum Gasteiger partial charge on any atom is -0.481 e. The van der Waals surface area contributed by atoms with Crippen LogP contribution >= 0.6 is 0 Å². The summed E-state index contributed by atoms with van der Waals surface area (Å²) in [7, 11) is 0. The smallest absolute Gasteiger partial charge is 0.315 e. The van der Waals surface area contributed by atoms with E-state index in [9.17, 15) is 9.59 Å². The average molecular weight is 280 g/mol. The number of nitrogens with one attached hydrogen (secondary N) is 2. The summed E-state index contributed by atoms with van der Waals surface area (Å²) >= 11 is 0. The van der Waals surface area contributed by atoms with Crippen LogP contribution in [0.3, 0.4) is 0 Å². The summed E-state index contributed by atoms with van der Waals surface area (Å²) in [5.74, 6) is 0.460. The maximum atomic E-state index is 12.1. The van der Waals surface area contributed by atoms with Gasteiger partial charge in [0.2, 0.25) is 0 Å². The normalized spacial score (nSPS) is 39.5. The van der Waals surface area contributed by atoms with Crippen LogP contribution < -0.4 is 10.6 Å².